The Morgan fingerprint density at radius 2 is 2.12 bits per heavy atom. The Morgan fingerprint density at radius 3 is 2.82 bits per heavy atom. The Bertz CT molecular complexity index is 613. The molecule has 0 amide bonds. The zero-order chi connectivity index (χ0) is 12.4. The number of benzene rings is 1. The molecule has 0 spiro atoms. The average Bonchev–Trinajstić information content (AvgIpc) is 2.30. The van der Waals surface area contributed by atoms with E-state index in [1.54, 1.807) is 12.3 Å². The Labute approximate surface area is 120 Å². The Kier molecular flexibility index (Phi) is 4.01. The Morgan fingerprint density at radius 1 is 1.35 bits per heavy atom. The monoisotopic (exact) mass is 376 g/mol. The van der Waals surface area contributed by atoms with E-state index in [1.165, 1.54) is 4.68 Å². The van der Waals surface area contributed by atoms with Gasteiger partial charge in [0.1, 0.15) is 4.47 Å². The third-order valence-electron chi connectivity index (χ3n) is 2.16. The van der Waals surface area contributed by atoms with Crippen LogP contribution in [-0.2, 0) is 6.54 Å². The molecule has 0 saturated carbocycles. The van der Waals surface area contributed by atoms with Gasteiger partial charge in [-0.05, 0) is 49.6 Å². The van der Waals surface area contributed by atoms with E-state index in [0.717, 1.165) is 5.56 Å². The van der Waals surface area contributed by atoms with Crippen LogP contribution in [0.1, 0.15) is 5.56 Å². The molecule has 2 aromatic rings. The molecule has 6 heteroatoms. The van der Waals surface area contributed by atoms with E-state index in [-0.39, 0.29) is 5.56 Å². The lowest BCUT2D eigenvalue weighted by molar-refractivity contribution is 0.633. The van der Waals surface area contributed by atoms with Gasteiger partial charge in [-0.25, -0.2) is 4.68 Å². The number of nitrogens with zero attached hydrogens (tertiary/aromatic N) is 2. The number of rotatable bonds is 2. The first-order valence-corrected chi connectivity index (χ1v) is 6.70. The molecule has 0 bridgehead atoms. The summed E-state index contributed by atoms with van der Waals surface area (Å²) in [5, 5.41) is 4.69. The highest BCUT2D eigenvalue weighted by Crippen LogP contribution is 2.17. The SMILES string of the molecule is O=c1c(Br)c(Br)cnn1Cc1cccc(Cl)c1. The highest BCUT2D eigenvalue weighted by molar-refractivity contribution is 9.13. The zero-order valence-corrected chi connectivity index (χ0v) is 12.5. The first-order chi connectivity index (χ1) is 8.08. The average molecular weight is 378 g/mol. The summed E-state index contributed by atoms with van der Waals surface area (Å²) in [6.45, 7) is 0.394. The van der Waals surface area contributed by atoms with Crippen LogP contribution < -0.4 is 5.56 Å². The summed E-state index contributed by atoms with van der Waals surface area (Å²) < 4.78 is 2.49. The number of hydrogen-bond donors (Lipinski definition) is 0. The van der Waals surface area contributed by atoms with Crippen molar-refractivity contribution in [1.82, 2.24) is 9.78 Å². The molecule has 0 radical (unpaired) electrons. The van der Waals surface area contributed by atoms with E-state index in [2.05, 4.69) is 37.0 Å². The van der Waals surface area contributed by atoms with E-state index >= 15 is 0 Å². The van der Waals surface area contributed by atoms with Gasteiger partial charge in [0.2, 0.25) is 0 Å². The van der Waals surface area contributed by atoms with Crippen molar-refractivity contribution in [3.63, 3.8) is 0 Å². The Hall–Kier alpha value is -0.650. The molecule has 1 aromatic carbocycles. The van der Waals surface area contributed by atoms with Crippen LogP contribution in [0.4, 0.5) is 0 Å². The standard InChI is InChI=1S/C11H7Br2ClN2O/c12-9-5-15-16(11(17)10(9)13)6-7-2-1-3-8(14)4-7/h1-5H,6H2. The number of halogens is 3. The normalized spacial score (nSPS) is 10.5. The molecule has 0 aliphatic rings. The second-order valence-electron chi connectivity index (χ2n) is 3.40. The highest BCUT2D eigenvalue weighted by atomic mass is 79.9. The van der Waals surface area contributed by atoms with E-state index in [4.69, 9.17) is 11.6 Å². The summed E-state index contributed by atoms with van der Waals surface area (Å²) in [6.07, 6.45) is 1.58. The quantitative estimate of drug-likeness (QED) is 0.802. The van der Waals surface area contributed by atoms with Gasteiger partial charge in [-0.15, -0.1) is 0 Å². The van der Waals surface area contributed by atoms with Gasteiger partial charge in [-0.3, -0.25) is 4.79 Å². The number of aromatic nitrogens is 2. The van der Waals surface area contributed by atoms with Gasteiger partial charge in [-0.2, -0.15) is 5.10 Å². The topological polar surface area (TPSA) is 34.9 Å². The third kappa shape index (κ3) is 2.97. The van der Waals surface area contributed by atoms with Crippen LogP contribution in [0, 0.1) is 0 Å². The maximum Gasteiger partial charge on any atom is 0.282 e. The fourth-order valence-corrected chi connectivity index (χ4v) is 2.15. The molecule has 2 rings (SSSR count). The van der Waals surface area contributed by atoms with Gasteiger partial charge in [0, 0.05) is 5.02 Å². The maximum absolute atomic E-state index is 11.9. The third-order valence-corrected chi connectivity index (χ3v) is 4.30. The molecule has 1 aromatic heterocycles. The second kappa shape index (κ2) is 5.33. The van der Waals surface area contributed by atoms with Crippen molar-refractivity contribution in [2.24, 2.45) is 0 Å². The first kappa shape index (κ1) is 12.8. The van der Waals surface area contributed by atoms with E-state index in [9.17, 15) is 4.79 Å². The molecular weight excluding hydrogens is 371 g/mol. The number of hydrogen-bond acceptors (Lipinski definition) is 2. The van der Waals surface area contributed by atoms with Gasteiger partial charge in [0.25, 0.3) is 5.56 Å². The van der Waals surface area contributed by atoms with Crippen LogP contribution in [0.3, 0.4) is 0 Å². The minimum absolute atomic E-state index is 0.181. The van der Waals surface area contributed by atoms with Gasteiger partial charge in [0.15, 0.2) is 0 Å². The fourth-order valence-electron chi connectivity index (χ4n) is 1.37. The van der Waals surface area contributed by atoms with Gasteiger partial charge in [0.05, 0.1) is 17.2 Å². The minimum atomic E-state index is -0.181. The molecule has 3 nitrogen and oxygen atoms in total. The molecule has 88 valence electrons. The van der Waals surface area contributed by atoms with Crippen LogP contribution in [-0.4, -0.2) is 9.78 Å². The van der Waals surface area contributed by atoms with Crippen molar-refractivity contribution in [2.75, 3.05) is 0 Å². The molecule has 0 fully saturated rings. The maximum atomic E-state index is 11.9. The summed E-state index contributed by atoms with van der Waals surface area (Å²) in [6, 6.07) is 7.34. The van der Waals surface area contributed by atoms with E-state index in [0.29, 0.717) is 20.5 Å². The summed E-state index contributed by atoms with van der Waals surface area (Å²) in [5.74, 6) is 0. The van der Waals surface area contributed by atoms with Crippen molar-refractivity contribution < 1.29 is 0 Å². The van der Waals surface area contributed by atoms with Crippen LogP contribution in [0.25, 0.3) is 0 Å². The summed E-state index contributed by atoms with van der Waals surface area (Å²) in [4.78, 5) is 11.9. The molecule has 0 unspecified atom stereocenters. The molecule has 0 N–H and O–H groups in total. The van der Waals surface area contributed by atoms with Crippen LogP contribution >= 0.6 is 43.5 Å². The molecule has 17 heavy (non-hydrogen) atoms. The lowest BCUT2D eigenvalue weighted by atomic mass is 10.2. The van der Waals surface area contributed by atoms with E-state index < -0.39 is 0 Å². The molecule has 0 aliphatic carbocycles. The van der Waals surface area contributed by atoms with Crippen LogP contribution in [0.5, 0.6) is 0 Å². The minimum Gasteiger partial charge on any atom is -0.266 e. The Balaban J connectivity index is 2.37. The molecule has 0 atom stereocenters. The van der Waals surface area contributed by atoms with Crippen molar-refractivity contribution in [3.05, 3.63) is 60.3 Å². The second-order valence-corrected chi connectivity index (χ2v) is 5.48. The summed E-state index contributed by atoms with van der Waals surface area (Å²) in [7, 11) is 0. The van der Waals surface area contributed by atoms with Crippen molar-refractivity contribution in [1.29, 1.82) is 0 Å². The van der Waals surface area contributed by atoms with Crippen molar-refractivity contribution >= 4 is 43.5 Å². The predicted octanol–water partition coefficient (Wildman–Crippen LogP) is 3.47. The van der Waals surface area contributed by atoms with Gasteiger partial charge < -0.3 is 0 Å². The smallest absolute Gasteiger partial charge is 0.266 e. The largest absolute Gasteiger partial charge is 0.282 e. The molecule has 1 heterocycles. The molecular formula is C11H7Br2ClN2O. The van der Waals surface area contributed by atoms with Gasteiger partial charge in [-0.1, -0.05) is 23.7 Å². The fraction of sp³-hybridized carbons (Fsp3) is 0.0909. The zero-order valence-electron chi connectivity index (χ0n) is 8.53. The predicted molar refractivity (Wildman–Crippen MR) is 74.5 cm³/mol. The van der Waals surface area contributed by atoms with Crippen molar-refractivity contribution in [3.8, 4) is 0 Å². The lowest BCUT2D eigenvalue weighted by Gasteiger charge is -2.06. The molecule has 0 saturated heterocycles. The van der Waals surface area contributed by atoms with Gasteiger partial charge >= 0.3 is 0 Å². The van der Waals surface area contributed by atoms with Crippen molar-refractivity contribution in [2.45, 2.75) is 6.54 Å². The lowest BCUT2D eigenvalue weighted by Crippen LogP contribution is -2.24. The van der Waals surface area contributed by atoms with Crippen LogP contribution in [0.2, 0.25) is 5.02 Å². The molecule has 0 aliphatic heterocycles. The van der Waals surface area contributed by atoms with Crippen LogP contribution in [0.15, 0.2) is 44.2 Å². The summed E-state index contributed by atoms with van der Waals surface area (Å²) >= 11 is 12.3. The first-order valence-electron chi connectivity index (χ1n) is 4.73. The highest BCUT2D eigenvalue weighted by Gasteiger charge is 2.07. The summed E-state index contributed by atoms with van der Waals surface area (Å²) in [5.41, 5.74) is 0.751. The van der Waals surface area contributed by atoms with E-state index in [1.807, 2.05) is 18.2 Å².